The van der Waals surface area contributed by atoms with Gasteiger partial charge in [-0.1, -0.05) is 24.3 Å². The van der Waals surface area contributed by atoms with Gasteiger partial charge in [0.1, 0.15) is 0 Å². The van der Waals surface area contributed by atoms with Crippen LogP contribution in [-0.4, -0.2) is 4.57 Å². The van der Waals surface area contributed by atoms with Crippen LogP contribution in [0.2, 0.25) is 0 Å². The minimum atomic E-state index is 0.523. The van der Waals surface area contributed by atoms with Crippen molar-refractivity contribution in [3.05, 3.63) is 59.4 Å². The molecule has 1 aromatic carbocycles. The predicted octanol–water partition coefficient (Wildman–Crippen LogP) is 3.19. The van der Waals surface area contributed by atoms with E-state index in [1.807, 2.05) is 0 Å². The standard InChI is InChI=1S/C16H20N2/c1-18-10-9-13(12-18)11-17-16-8-4-6-14-5-2-3-7-15(14)16/h2-3,5,7,9-10,12,16-17H,4,6,8,11H2,1H3. The molecular formula is C16H20N2. The van der Waals surface area contributed by atoms with Crippen molar-refractivity contribution in [2.75, 3.05) is 0 Å². The van der Waals surface area contributed by atoms with E-state index in [1.165, 1.54) is 36.0 Å². The van der Waals surface area contributed by atoms with Gasteiger partial charge in [0.15, 0.2) is 0 Å². The lowest BCUT2D eigenvalue weighted by molar-refractivity contribution is 0.459. The van der Waals surface area contributed by atoms with Crippen LogP contribution in [0.15, 0.2) is 42.7 Å². The molecule has 2 aromatic rings. The highest BCUT2D eigenvalue weighted by molar-refractivity contribution is 5.32. The van der Waals surface area contributed by atoms with Crippen molar-refractivity contribution in [2.45, 2.75) is 31.8 Å². The summed E-state index contributed by atoms with van der Waals surface area (Å²) in [6.45, 7) is 0.958. The van der Waals surface area contributed by atoms with E-state index >= 15 is 0 Å². The molecular weight excluding hydrogens is 220 g/mol. The van der Waals surface area contributed by atoms with E-state index < -0.39 is 0 Å². The Hall–Kier alpha value is -1.54. The Bertz CT molecular complexity index is 527. The van der Waals surface area contributed by atoms with Crippen LogP contribution in [0.25, 0.3) is 0 Å². The summed E-state index contributed by atoms with van der Waals surface area (Å²) in [7, 11) is 2.07. The molecule has 94 valence electrons. The number of benzene rings is 1. The van der Waals surface area contributed by atoms with Crippen LogP contribution in [0, 0.1) is 0 Å². The number of aryl methyl sites for hydroxylation is 2. The van der Waals surface area contributed by atoms with E-state index in [4.69, 9.17) is 0 Å². The van der Waals surface area contributed by atoms with Gasteiger partial charge in [-0.15, -0.1) is 0 Å². The molecule has 0 saturated heterocycles. The number of aromatic nitrogens is 1. The quantitative estimate of drug-likeness (QED) is 0.872. The molecule has 1 aliphatic rings. The molecule has 1 heterocycles. The van der Waals surface area contributed by atoms with Crippen molar-refractivity contribution in [1.29, 1.82) is 0 Å². The van der Waals surface area contributed by atoms with Gasteiger partial charge in [-0.25, -0.2) is 0 Å². The maximum absolute atomic E-state index is 3.69. The monoisotopic (exact) mass is 240 g/mol. The van der Waals surface area contributed by atoms with Gasteiger partial charge >= 0.3 is 0 Å². The summed E-state index contributed by atoms with van der Waals surface area (Å²) in [6, 6.07) is 11.6. The summed E-state index contributed by atoms with van der Waals surface area (Å²) in [4.78, 5) is 0. The average Bonchev–Trinajstić information content (AvgIpc) is 2.82. The average molecular weight is 240 g/mol. The van der Waals surface area contributed by atoms with E-state index in [0.29, 0.717) is 6.04 Å². The Morgan fingerprint density at radius 1 is 1.28 bits per heavy atom. The zero-order valence-electron chi connectivity index (χ0n) is 10.9. The Kier molecular flexibility index (Phi) is 3.20. The van der Waals surface area contributed by atoms with Crippen LogP contribution in [0.5, 0.6) is 0 Å². The molecule has 1 unspecified atom stereocenters. The number of nitrogens with zero attached hydrogens (tertiary/aromatic N) is 1. The minimum Gasteiger partial charge on any atom is -0.357 e. The third-order valence-corrected chi connectivity index (χ3v) is 3.82. The first-order valence-electron chi connectivity index (χ1n) is 6.75. The number of hydrogen-bond donors (Lipinski definition) is 1. The molecule has 2 nitrogen and oxygen atoms in total. The highest BCUT2D eigenvalue weighted by Crippen LogP contribution is 2.29. The highest BCUT2D eigenvalue weighted by Gasteiger charge is 2.18. The summed E-state index contributed by atoms with van der Waals surface area (Å²) in [5.41, 5.74) is 4.38. The molecule has 1 N–H and O–H groups in total. The predicted molar refractivity (Wildman–Crippen MR) is 74.4 cm³/mol. The van der Waals surface area contributed by atoms with Gasteiger partial charge < -0.3 is 9.88 Å². The fourth-order valence-electron chi connectivity index (χ4n) is 2.87. The molecule has 1 aromatic heterocycles. The van der Waals surface area contributed by atoms with Gasteiger partial charge in [-0.05, 0) is 42.0 Å². The van der Waals surface area contributed by atoms with Crippen LogP contribution in [0.3, 0.4) is 0 Å². The fraction of sp³-hybridized carbons (Fsp3) is 0.375. The molecule has 0 radical (unpaired) electrons. The second-order valence-electron chi connectivity index (χ2n) is 5.21. The van der Waals surface area contributed by atoms with Gasteiger partial charge in [0.05, 0.1) is 0 Å². The third-order valence-electron chi connectivity index (χ3n) is 3.82. The number of nitrogens with one attached hydrogen (secondary N) is 1. The Balaban J connectivity index is 1.71. The normalized spacial score (nSPS) is 18.6. The SMILES string of the molecule is Cn1ccc(CNC2CCCc3ccccc32)c1. The maximum atomic E-state index is 3.69. The van der Waals surface area contributed by atoms with Crippen molar-refractivity contribution in [2.24, 2.45) is 7.05 Å². The lowest BCUT2D eigenvalue weighted by Gasteiger charge is -2.26. The van der Waals surface area contributed by atoms with Crippen LogP contribution in [0.1, 0.15) is 35.6 Å². The lowest BCUT2D eigenvalue weighted by atomic mass is 9.88. The molecule has 0 saturated carbocycles. The zero-order valence-corrected chi connectivity index (χ0v) is 10.9. The number of hydrogen-bond acceptors (Lipinski definition) is 1. The summed E-state index contributed by atoms with van der Waals surface area (Å²) in [6.07, 6.45) is 8.07. The molecule has 1 atom stereocenters. The summed E-state index contributed by atoms with van der Waals surface area (Å²) < 4.78 is 2.10. The van der Waals surface area contributed by atoms with Crippen molar-refractivity contribution >= 4 is 0 Å². The van der Waals surface area contributed by atoms with E-state index in [-0.39, 0.29) is 0 Å². The van der Waals surface area contributed by atoms with Gasteiger partial charge in [0.25, 0.3) is 0 Å². The van der Waals surface area contributed by atoms with Crippen LogP contribution in [0.4, 0.5) is 0 Å². The Morgan fingerprint density at radius 3 is 3.00 bits per heavy atom. The van der Waals surface area contributed by atoms with E-state index in [1.54, 1.807) is 0 Å². The minimum absolute atomic E-state index is 0.523. The second-order valence-corrected chi connectivity index (χ2v) is 5.21. The van der Waals surface area contributed by atoms with Crippen molar-refractivity contribution in [1.82, 2.24) is 9.88 Å². The summed E-state index contributed by atoms with van der Waals surface area (Å²) in [5, 5.41) is 3.69. The van der Waals surface area contributed by atoms with Gasteiger partial charge in [0, 0.05) is 32.0 Å². The van der Waals surface area contributed by atoms with Crippen LogP contribution in [-0.2, 0) is 20.0 Å². The third kappa shape index (κ3) is 2.34. The van der Waals surface area contributed by atoms with E-state index in [2.05, 4.69) is 59.7 Å². The molecule has 0 amide bonds. The molecule has 3 rings (SSSR count). The Labute approximate surface area is 109 Å². The van der Waals surface area contributed by atoms with Crippen molar-refractivity contribution < 1.29 is 0 Å². The fourth-order valence-corrected chi connectivity index (χ4v) is 2.87. The molecule has 1 aliphatic carbocycles. The molecule has 0 aliphatic heterocycles. The van der Waals surface area contributed by atoms with Crippen LogP contribution >= 0.6 is 0 Å². The van der Waals surface area contributed by atoms with E-state index in [9.17, 15) is 0 Å². The second kappa shape index (κ2) is 4.99. The lowest BCUT2D eigenvalue weighted by Crippen LogP contribution is -2.24. The summed E-state index contributed by atoms with van der Waals surface area (Å²) >= 11 is 0. The topological polar surface area (TPSA) is 17.0 Å². The summed E-state index contributed by atoms with van der Waals surface area (Å²) in [5.74, 6) is 0. The Morgan fingerprint density at radius 2 is 2.17 bits per heavy atom. The van der Waals surface area contributed by atoms with Gasteiger partial charge in [0.2, 0.25) is 0 Å². The highest BCUT2D eigenvalue weighted by atomic mass is 14.9. The maximum Gasteiger partial charge on any atom is 0.0326 e. The molecule has 2 heteroatoms. The largest absolute Gasteiger partial charge is 0.357 e. The first-order valence-corrected chi connectivity index (χ1v) is 6.75. The molecule has 0 fully saturated rings. The molecule has 0 spiro atoms. The number of rotatable bonds is 3. The molecule has 0 bridgehead atoms. The van der Waals surface area contributed by atoms with Gasteiger partial charge in [-0.3, -0.25) is 0 Å². The molecule has 18 heavy (non-hydrogen) atoms. The first kappa shape index (κ1) is 11.5. The van der Waals surface area contributed by atoms with Crippen molar-refractivity contribution in [3.63, 3.8) is 0 Å². The van der Waals surface area contributed by atoms with E-state index in [0.717, 1.165) is 6.54 Å². The smallest absolute Gasteiger partial charge is 0.0326 e. The van der Waals surface area contributed by atoms with Crippen LogP contribution < -0.4 is 5.32 Å². The van der Waals surface area contributed by atoms with Crippen molar-refractivity contribution in [3.8, 4) is 0 Å². The number of fused-ring (bicyclic) bond motifs is 1. The van der Waals surface area contributed by atoms with Gasteiger partial charge in [-0.2, -0.15) is 0 Å². The zero-order chi connectivity index (χ0) is 12.4. The first-order chi connectivity index (χ1) is 8.83.